The number of nitrogens with zero attached hydrogens (tertiary/aromatic N) is 1. The van der Waals surface area contributed by atoms with Gasteiger partial charge in [0, 0.05) is 29.7 Å². The lowest BCUT2D eigenvalue weighted by molar-refractivity contribution is -0.151. The summed E-state index contributed by atoms with van der Waals surface area (Å²) in [6.45, 7) is -0.253. The molecular weight excluding hydrogens is 484 g/mol. The topological polar surface area (TPSA) is 94.2 Å². The van der Waals surface area contributed by atoms with E-state index in [2.05, 4.69) is 5.32 Å². The number of nitrogens with one attached hydrogen (secondary N) is 1. The number of amides is 2. The third kappa shape index (κ3) is 5.44. The van der Waals surface area contributed by atoms with Crippen LogP contribution in [-0.2, 0) is 19.1 Å². The van der Waals surface area contributed by atoms with Gasteiger partial charge in [0.15, 0.2) is 18.1 Å². The number of anilines is 2. The van der Waals surface area contributed by atoms with E-state index in [4.69, 9.17) is 14.2 Å². The van der Waals surface area contributed by atoms with Gasteiger partial charge < -0.3 is 24.4 Å². The van der Waals surface area contributed by atoms with Gasteiger partial charge in [-0.25, -0.2) is 0 Å². The molecule has 0 spiro atoms. The van der Waals surface area contributed by atoms with Crippen LogP contribution >= 0.6 is 0 Å². The lowest BCUT2D eigenvalue weighted by atomic mass is 10.1. The lowest BCUT2D eigenvalue weighted by Crippen LogP contribution is -2.28. The maximum atomic E-state index is 12.6. The highest BCUT2D eigenvalue weighted by Gasteiger charge is 2.36. The first-order valence-corrected chi connectivity index (χ1v) is 12.2. The van der Waals surface area contributed by atoms with E-state index in [-0.39, 0.29) is 18.9 Å². The molecule has 0 radical (unpaired) electrons. The highest BCUT2D eigenvalue weighted by molar-refractivity contribution is 6.03. The molecule has 0 aromatic heterocycles. The van der Waals surface area contributed by atoms with Crippen molar-refractivity contribution in [3.63, 3.8) is 0 Å². The summed E-state index contributed by atoms with van der Waals surface area (Å²) < 4.78 is 16.4. The van der Waals surface area contributed by atoms with Gasteiger partial charge in [-0.1, -0.05) is 48.5 Å². The van der Waals surface area contributed by atoms with Gasteiger partial charge in [0.1, 0.15) is 5.75 Å². The van der Waals surface area contributed by atoms with Crippen molar-refractivity contribution in [3.8, 4) is 17.2 Å². The van der Waals surface area contributed by atoms with Crippen molar-refractivity contribution >= 4 is 39.9 Å². The van der Waals surface area contributed by atoms with E-state index in [0.717, 1.165) is 10.8 Å². The molecule has 0 bridgehead atoms. The van der Waals surface area contributed by atoms with Gasteiger partial charge >= 0.3 is 5.97 Å². The Morgan fingerprint density at radius 1 is 0.895 bits per heavy atom. The molecule has 1 fully saturated rings. The van der Waals surface area contributed by atoms with E-state index >= 15 is 0 Å². The van der Waals surface area contributed by atoms with Crippen molar-refractivity contribution in [1.82, 2.24) is 0 Å². The predicted molar refractivity (Wildman–Crippen MR) is 144 cm³/mol. The monoisotopic (exact) mass is 510 g/mol. The zero-order chi connectivity index (χ0) is 26.5. The lowest BCUT2D eigenvalue weighted by Gasteiger charge is -2.17. The van der Waals surface area contributed by atoms with E-state index < -0.39 is 24.4 Å². The Bertz CT molecular complexity index is 1480. The Hall–Kier alpha value is -4.85. The van der Waals surface area contributed by atoms with Crippen molar-refractivity contribution in [2.75, 3.05) is 30.5 Å². The summed E-state index contributed by atoms with van der Waals surface area (Å²) in [4.78, 5) is 39.3. The number of esters is 1. The molecule has 5 rings (SSSR count). The molecule has 38 heavy (non-hydrogen) atoms. The summed E-state index contributed by atoms with van der Waals surface area (Å²) in [5.74, 6) is -0.0988. The number of methoxy groups -OCH3 is 1. The van der Waals surface area contributed by atoms with Crippen LogP contribution in [0.3, 0.4) is 0 Å². The third-order valence-electron chi connectivity index (χ3n) is 6.31. The van der Waals surface area contributed by atoms with E-state index in [1.54, 1.807) is 49.6 Å². The molecule has 1 N–H and O–H groups in total. The SMILES string of the molecule is COc1ccccc1Oc1ccc(N2C[C@H](C(=O)OCC(=O)Nc3cccc4ccccc34)CC2=O)cc1. The van der Waals surface area contributed by atoms with Gasteiger partial charge in [0.05, 0.1) is 13.0 Å². The van der Waals surface area contributed by atoms with Crippen LogP contribution in [0.5, 0.6) is 17.2 Å². The Kier molecular flexibility index (Phi) is 7.21. The number of ether oxygens (including phenoxy) is 3. The molecule has 2 amide bonds. The van der Waals surface area contributed by atoms with Gasteiger partial charge in [-0.2, -0.15) is 0 Å². The molecule has 4 aromatic rings. The molecule has 1 aliphatic rings. The highest BCUT2D eigenvalue weighted by Crippen LogP contribution is 2.33. The number of para-hydroxylation sites is 2. The minimum absolute atomic E-state index is 0.0171. The maximum Gasteiger partial charge on any atom is 0.311 e. The fraction of sp³-hybridized carbons (Fsp3) is 0.167. The van der Waals surface area contributed by atoms with E-state index in [9.17, 15) is 14.4 Å². The van der Waals surface area contributed by atoms with Crippen molar-refractivity contribution in [2.45, 2.75) is 6.42 Å². The summed E-state index contributed by atoms with van der Waals surface area (Å²) in [6.07, 6.45) is 0.0171. The first kappa shape index (κ1) is 24.8. The second-order valence-electron chi connectivity index (χ2n) is 8.83. The van der Waals surface area contributed by atoms with Crippen molar-refractivity contribution in [2.24, 2.45) is 5.92 Å². The second-order valence-corrected chi connectivity index (χ2v) is 8.83. The van der Waals surface area contributed by atoms with Crippen LogP contribution in [0.25, 0.3) is 10.8 Å². The Balaban J connectivity index is 1.15. The largest absolute Gasteiger partial charge is 0.493 e. The molecule has 0 unspecified atom stereocenters. The van der Waals surface area contributed by atoms with Gasteiger partial charge in [-0.15, -0.1) is 0 Å². The third-order valence-corrected chi connectivity index (χ3v) is 6.31. The number of rotatable bonds is 8. The van der Waals surface area contributed by atoms with Crippen LogP contribution in [0.2, 0.25) is 0 Å². The fourth-order valence-electron chi connectivity index (χ4n) is 4.41. The van der Waals surface area contributed by atoms with Crippen LogP contribution in [0, 0.1) is 5.92 Å². The fourth-order valence-corrected chi connectivity index (χ4v) is 4.41. The number of benzene rings is 4. The van der Waals surface area contributed by atoms with E-state index in [1.165, 1.54) is 4.90 Å². The predicted octanol–water partition coefficient (Wildman–Crippen LogP) is 5.18. The Labute approximate surface area is 219 Å². The number of carbonyl (C=O) groups excluding carboxylic acids is 3. The minimum Gasteiger partial charge on any atom is -0.493 e. The van der Waals surface area contributed by atoms with Crippen LogP contribution < -0.4 is 19.7 Å². The molecule has 8 nitrogen and oxygen atoms in total. The number of hydrogen-bond acceptors (Lipinski definition) is 6. The van der Waals surface area contributed by atoms with Crippen molar-refractivity contribution in [1.29, 1.82) is 0 Å². The summed E-state index contributed by atoms with van der Waals surface area (Å²) in [7, 11) is 1.57. The summed E-state index contributed by atoms with van der Waals surface area (Å²) in [5.41, 5.74) is 1.29. The Morgan fingerprint density at radius 2 is 1.61 bits per heavy atom. The average Bonchev–Trinajstić information content (AvgIpc) is 3.34. The molecular formula is C30H26N2O6. The maximum absolute atomic E-state index is 12.6. The summed E-state index contributed by atoms with van der Waals surface area (Å²) in [5, 5.41) is 4.68. The zero-order valence-corrected chi connectivity index (χ0v) is 20.8. The van der Waals surface area contributed by atoms with Gasteiger partial charge in [0.2, 0.25) is 5.91 Å². The normalized spacial score (nSPS) is 14.8. The molecule has 1 atom stereocenters. The summed E-state index contributed by atoms with van der Waals surface area (Å²) in [6, 6.07) is 27.6. The van der Waals surface area contributed by atoms with Gasteiger partial charge in [0.25, 0.3) is 5.91 Å². The number of hydrogen-bond donors (Lipinski definition) is 1. The average molecular weight is 511 g/mol. The first-order valence-electron chi connectivity index (χ1n) is 12.2. The molecule has 4 aromatic carbocycles. The molecule has 0 aliphatic carbocycles. The molecule has 1 aliphatic heterocycles. The summed E-state index contributed by atoms with van der Waals surface area (Å²) >= 11 is 0. The van der Waals surface area contributed by atoms with Crippen LogP contribution in [0.1, 0.15) is 6.42 Å². The van der Waals surface area contributed by atoms with Crippen molar-refractivity contribution in [3.05, 3.63) is 91.0 Å². The molecule has 0 saturated carbocycles. The standard InChI is InChI=1S/C30H26N2O6/c1-36-26-11-4-5-12-27(26)38-23-15-13-22(14-16-23)32-18-21(17-29(32)34)30(35)37-19-28(33)31-25-10-6-8-20-7-2-3-9-24(20)25/h2-16,21H,17-19H2,1H3,(H,31,33)/t21-/m1/s1. The number of carbonyl (C=O) groups is 3. The van der Waals surface area contributed by atoms with Gasteiger partial charge in [-0.3, -0.25) is 14.4 Å². The smallest absolute Gasteiger partial charge is 0.311 e. The first-order chi connectivity index (χ1) is 18.5. The molecule has 1 saturated heterocycles. The van der Waals surface area contributed by atoms with Crippen LogP contribution in [0.15, 0.2) is 91.0 Å². The van der Waals surface area contributed by atoms with Crippen LogP contribution in [-0.4, -0.2) is 38.0 Å². The van der Waals surface area contributed by atoms with Crippen molar-refractivity contribution < 1.29 is 28.6 Å². The molecule has 8 heteroatoms. The Morgan fingerprint density at radius 3 is 2.39 bits per heavy atom. The quantitative estimate of drug-likeness (QED) is 0.329. The second kappa shape index (κ2) is 11.0. The van der Waals surface area contributed by atoms with Crippen LogP contribution in [0.4, 0.5) is 11.4 Å². The molecule has 1 heterocycles. The van der Waals surface area contributed by atoms with E-state index in [0.29, 0.717) is 28.6 Å². The highest BCUT2D eigenvalue weighted by atomic mass is 16.5. The zero-order valence-electron chi connectivity index (χ0n) is 20.8. The minimum atomic E-state index is -0.655. The van der Waals surface area contributed by atoms with E-state index in [1.807, 2.05) is 48.5 Å². The number of fused-ring (bicyclic) bond motifs is 1. The molecule has 192 valence electrons. The van der Waals surface area contributed by atoms with Gasteiger partial charge in [-0.05, 0) is 47.9 Å².